The van der Waals surface area contributed by atoms with E-state index in [1.165, 1.54) is 5.56 Å². The lowest BCUT2D eigenvalue weighted by Gasteiger charge is -2.21. The van der Waals surface area contributed by atoms with Gasteiger partial charge in [-0.05, 0) is 37.6 Å². The van der Waals surface area contributed by atoms with Crippen LogP contribution in [0.15, 0.2) is 24.5 Å². The number of aromatic nitrogens is 1. The molecule has 0 spiro atoms. The molecule has 98 valence electrons. The number of hydrogen-bond acceptors (Lipinski definition) is 3. The number of ketones is 1. The molecule has 3 nitrogen and oxygen atoms in total. The van der Waals surface area contributed by atoms with Gasteiger partial charge in [0.2, 0.25) is 0 Å². The number of pyridine rings is 1. The zero-order valence-electron chi connectivity index (χ0n) is 11.5. The SMILES string of the molecule is CN(Cc1ccncc1)CC1CCC(C)(C)C1=O. The van der Waals surface area contributed by atoms with Gasteiger partial charge >= 0.3 is 0 Å². The number of hydrogen-bond donors (Lipinski definition) is 0. The molecule has 1 aliphatic rings. The maximum Gasteiger partial charge on any atom is 0.142 e. The topological polar surface area (TPSA) is 33.2 Å². The quantitative estimate of drug-likeness (QED) is 0.818. The lowest BCUT2D eigenvalue weighted by Crippen LogP contribution is -2.31. The monoisotopic (exact) mass is 246 g/mol. The first-order valence-electron chi connectivity index (χ1n) is 6.61. The summed E-state index contributed by atoms with van der Waals surface area (Å²) in [6.45, 7) is 5.88. The molecule has 0 saturated heterocycles. The molecule has 1 aromatic heterocycles. The molecule has 0 N–H and O–H groups in total. The van der Waals surface area contributed by atoms with Crippen LogP contribution in [0, 0.1) is 11.3 Å². The number of nitrogens with zero attached hydrogens (tertiary/aromatic N) is 2. The van der Waals surface area contributed by atoms with Gasteiger partial charge in [-0.3, -0.25) is 9.78 Å². The molecule has 2 rings (SSSR count). The third kappa shape index (κ3) is 2.96. The average molecular weight is 246 g/mol. The van der Waals surface area contributed by atoms with Crippen molar-refractivity contribution in [3.63, 3.8) is 0 Å². The normalized spacial score (nSPS) is 22.7. The van der Waals surface area contributed by atoms with Crippen LogP contribution in [0.2, 0.25) is 0 Å². The molecule has 1 saturated carbocycles. The molecule has 0 amide bonds. The van der Waals surface area contributed by atoms with E-state index in [0.717, 1.165) is 25.9 Å². The highest BCUT2D eigenvalue weighted by molar-refractivity contribution is 5.88. The van der Waals surface area contributed by atoms with E-state index in [9.17, 15) is 4.79 Å². The molecule has 0 aromatic carbocycles. The zero-order chi connectivity index (χ0) is 13.2. The second kappa shape index (κ2) is 5.19. The van der Waals surface area contributed by atoms with Crippen molar-refractivity contribution in [3.05, 3.63) is 30.1 Å². The molecule has 3 heteroatoms. The van der Waals surface area contributed by atoms with Crippen molar-refractivity contribution in [3.8, 4) is 0 Å². The van der Waals surface area contributed by atoms with Crippen molar-refractivity contribution in [2.24, 2.45) is 11.3 Å². The number of carbonyl (C=O) groups is 1. The molecule has 1 aromatic rings. The van der Waals surface area contributed by atoms with Gasteiger partial charge in [-0.25, -0.2) is 0 Å². The molecule has 1 unspecified atom stereocenters. The maximum atomic E-state index is 12.2. The van der Waals surface area contributed by atoms with E-state index in [1.54, 1.807) is 0 Å². The van der Waals surface area contributed by atoms with Gasteiger partial charge in [-0.2, -0.15) is 0 Å². The van der Waals surface area contributed by atoms with E-state index >= 15 is 0 Å². The van der Waals surface area contributed by atoms with Crippen LogP contribution in [0.3, 0.4) is 0 Å². The van der Waals surface area contributed by atoms with Crippen LogP contribution < -0.4 is 0 Å². The van der Waals surface area contributed by atoms with Crippen LogP contribution in [0.5, 0.6) is 0 Å². The Kier molecular flexibility index (Phi) is 3.81. The van der Waals surface area contributed by atoms with Crippen molar-refractivity contribution >= 4 is 5.78 Å². The molecule has 1 fully saturated rings. The predicted molar refractivity (Wildman–Crippen MR) is 72.1 cm³/mol. The Labute approximate surface area is 109 Å². The molecule has 1 atom stereocenters. The summed E-state index contributed by atoms with van der Waals surface area (Å²) in [6.07, 6.45) is 5.69. The van der Waals surface area contributed by atoms with Crippen molar-refractivity contribution in [2.45, 2.75) is 33.2 Å². The molecule has 0 aliphatic heterocycles. The van der Waals surface area contributed by atoms with E-state index in [4.69, 9.17) is 0 Å². The second-order valence-corrected chi connectivity index (χ2v) is 6.04. The van der Waals surface area contributed by atoms with Crippen LogP contribution in [-0.2, 0) is 11.3 Å². The zero-order valence-corrected chi connectivity index (χ0v) is 11.5. The van der Waals surface area contributed by atoms with Gasteiger partial charge in [0.15, 0.2) is 0 Å². The van der Waals surface area contributed by atoms with Gasteiger partial charge in [0.1, 0.15) is 5.78 Å². The fraction of sp³-hybridized carbons (Fsp3) is 0.600. The molecular formula is C15H22N2O. The summed E-state index contributed by atoms with van der Waals surface area (Å²) in [5.74, 6) is 0.649. The first-order valence-corrected chi connectivity index (χ1v) is 6.61. The smallest absolute Gasteiger partial charge is 0.142 e. The van der Waals surface area contributed by atoms with Crippen LogP contribution in [0.1, 0.15) is 32.3 Å². The molecule has 1 aliphatic carbocycles. The second-order valence-electron chi connectivity index (χ2n) is 6.04. The van der Waals surface area contributed by atoms with Crippen molar-refractivity contribution in [1.29, 1.82) is 0 Å². The van der Waals surface area contributed by atoms with E-state index in [0.29, 0.717) is 5.78 Å². The van der Waals surface area contributed by atoms with Crippen LogP contribution in [0.25, 0.3) is 0 Å². The number of rotatable bonds is 4. The van der Waals surface area contributed by atoms with Crippen molar-refractivity contribution in [1.82, 2.24) is 9.88 Å². The van der Waals surface area contributed by atoms with Crippen molar-refractivity contribution < 1.29 is 4.79 Å². The van der Waals surface area contributed by atoms with Gasteiger partial charge in [0.05, 0.1) is 0 Å². The van der Waals surface area contributed by atoms with E-state index < -0.39 is 0 Å². The largest absolute Gasteiger partial charge is 0.301 e. The lowest BCUT2D eigenvalue weighted by molar-refractivity contribution is -0.127. The van der Waals surface area contributed by atoms with Gasteiger partial charge in [-0.15, -0.1) is 0 Å². The highest BCUT2D eigenvalue weighted by atomic mass is 16.1. The lowest BCUT2D eigenvalue weighted by atomic mass is 9.89. The third-order valence-corrected chi connectivity index (χ3v) is 3.89. The molecule has 1 heterocycles. The Balaban J connectivity index is 1.89. The Morgan fingerprint density at radius 3 is 2.61 bits per heavy atom. The van der Waals surface area contributed by atoms with E-state index in [1.807, 2.05) is 24.5 Å². The highest BCUT2D eigenvalue weighted by Gasteiger charge is 2.40. The number of carbonyl (C=O) groups excluding carboxylic acids is 1. The average Bonchev–Trinajstić information content (AvgIpc) is 2.57. The first-order chi connectivity index (χ1) is 8.49. The van der Waals surface area contributed by atoms with Gasteiger partial charge in [0.25, 0.3) is 0 Å². The van der Waals surface area contributed by atoms with Gasteiger partial charge in [0, 0.05) is 36.8 Å². The first kappa shape index (κ1) is 13.2. The Bertz CT molecular complexity index is 414. The van der Waals surface area contributed by atoms with Gasteiger partial charge < -0.3 is 4.90 Å². The summed E-state index contributed by atoms with van der Waals surface area (Å²) < 4.78 is 0. The summed E-state index contributed by atoms with van der Waals surface area (Å²) in [6, 6.07) is 4.05. The summed E-state index contributed by atoms with van der Waals surface area (Å²) in [7, 11) is 2.08. The van der Waals surface area contributed by atoms with E-state index in [2.05, 4.69) is 30.8 Å². The molecule has 18 heavy (non-hydrogen) atoms. The Morgan fingerprint density at radius 2 is 2.06 bits per heavy atom. The Morgan fingerprint density at radius 1 is 1.39 bits per heavy atom. The molecular weight excluding hydrogens is 224 g/mol. The number of Topliss-reactive ketones (excluding diaryl/α,β-unsaturated/α-hetero) is 1. The van der Waals surface area contributed by atoms with Crippen molar-refractivity contribution in [2.75, 3.05) is 13.6 Å². The minimum absolute atomic E-state index is 0.109. The molecule has 0 radical (unpaired) electrons. The van der Waals surface area contributed by atoms with E-state index in [-0.39, 0.29) is 11.3 Å². The summed E-state index contributed by atoms with van der Waals surface area (Å²) >= 11 is 0. The fourth-order valence-electron chi connectivity index (χ4n) is 2.76. The third-order valence-electron chi connectivity index (χ3n) is 3.89. The maximum absolute atomic E-state index is 12.2. The van der Waals surface area contributed by atoms with Crippen LogP contribution in [-0.4, -0.2) is 29.3 Å². The van der Waals surface area contributed by atoms with Crippen LogP contribution >= 0.6 is 0 Å². The molecule has 0 bridgehead atoms. The minimum atomic E-state index is -0.109. The van der Waals surface area contributed by atoms with Gasteiger partial charge in [-0.1, -0.05) is 13.8 Å². The standard InChI is InChI=1S/C15H22N2O/c1-15(2)7-4-13(14(15)18)11-17(3)10-12-5-8-16-9-6-12/h5-6,8-9,13H,4,7,10-11H2,1-3H3. The Hall–Kier alpha value is -1.22. The predicted octanol–water partition coefficient (Wildman–Crippen LogP) is 2.52. The summed E-state index contributed by atoms with van der Waals surface area (Å²) in [4.78, 5) is 18.4. The fourth-order valence-corrected chi connectivity index (χ4v) is 2.76. The van der Waals surface area contributed by atoms with Crippen LogP contribution in [0.4, 0.5) is 0 Å². The highest BCUT2D eigenvalue weighted by Crippen LogP contribution is 2.37. The minimum Gasteiger partial charge on any atom is -0.301 e. The summed E-state index contributed by atoms with van der Waals surface area (Å²) in [5, 5.41) is 0. The summed E-state index contributed by atoms with van der Waals surface area (Å²) in [5.41, 5.74) is 1.14.